The maximum atomic E-state index is 11.7. The molecule has 0 bridgehead atoms. The standard InChI is InChI=1S/C14H25N7O2/c1-5-23-14(22)21-8-6-20(7-9-21)10(2)11-16-12(15)18-13(17-11)19(3)4/h10H,5-9H2,1-4H3,(H2,15,16,17,18)/t10-/m1/s1. The van der Waals surface area contributed by atoms with Crippen molar-refractivity contribution in [3.8, 4) is 0 Å². The smallest absolute Gasteiger partial charge is 0.409 e. The van der Waals surface area contributed by atoms with Crippen LogP contribution in [0.5, 0.6) is 0 Å². The lowest BCUT2D eigenvalue weighted by atomic mass is 10.2. The van der Waals surface area contributed by atoms with E-state index < -0.39 is 0 Å². The summed E-state index contributed by atoms with van der Waals surface area (Å²) in [5.74, 6) is 1.41. The van der Waals surface area contributed by atoms with Crippen LogP contribution < -0.4 is 10.6 Å². The van der Waals surface area contributed by atoms with E-state index in [1.807, 2.05) is 27.9 Å². The van der Waals surface area contributed by atoms with E-state index in [0.717, 1.165) is 13.1 Å². The summed E-state index contributed by atoms with van der Waals surface area (Å²) in [4.78, 5) is 30.3. The number of piperazine rings is 1. The molecule has 1 aliphatic rings. The molecule has 0 spiro atoms. The first-order valence-corrected chi connectivity index (χ1v) is 7.77. The molecule has 1 amide bonds. The van der Waals surface area contributed by atoms with Gasteiger partial charge in [0, 0.05) is 40.3 Å². The molecule has 1 atom stereocenters. The van der Waals surface area contributed by atoms with Crippen LogP contribution in [0.2, 0.25) is 0 Å². The van der Waals surface area contributed by atoms with Crippen molar-refractivity contribution in [2.24, 2.45) is 0 Å². The van der Waals surface area contributed by atoms with Crippen molar-refractivity contribution in [2.75, 3.05) is 57.5 Å². The molecule has 0 aliphatic carbocycles. The van der Waals surface area contributed by atoms with Gasteiger partial charge in [-0.05, 0) is 13.8 Å². The Kier molecular flexibility index (Phi) is 5.54. The number of carbonyl (C=O) groups is 1. The molecule has 0 aromatic carbocycles. The van der Waals surface area contributed by atoms with E-state index in [0.29, 0.717) is 31.5 Å². The molecule has 0 unspecified atom stereocenters. The number of nitrogens with zero attached hydrogens (tertiary/aromatic N) is 6. The molecule has 0 saturated carbocycles. The summed E-state index contributed by atoms with van der Waals surface area (Å²) in [6.45, 7) is 6.98. The largest absolute Gasteiger partial charge is 0.450 e. The summed E-state index contributed by atoms with van der Waals surface area (Å²) in [6.07, 6.45) is -0.251. The number of anilines is 2. The fraction of sp³-hybridized carbons (Fsp3) is 0.714. The normalized spacial score (nSPS) is 17.0. The van der Waals surface area contributed by atoms with E-state index in [1.165, 1.54) is 0 Å². The van der Waals surface area contributed by atoms with Crippen LogP contribution in [-0.2, 0) is 4.74 Å². The van der Waals surface area contributed by atoms with Gasteiger partial charge in [-0.1, -0.05) is 0 Å². The Labute approximate surface area is 136 Å². The van der Waals surface area contributed by atoms with Crippen LogP contribution in [0.25, 0.3) is 0 Å². The summed E-state index contributed by atoms with van der Waals surface area (Å²) in [5.41, 5.74) is 5.78. The van der Waals surface area contributed by atoms with E-state index in [1.54, 1.807) is 9.80 Å². The van der Waals surface area contributed by atoms with Crippen molar-refractivity contribution in [3.05, 3.63) is 5.82 Å². The maximum absolute atomic E-state index is 11.7. The molecule has 128 valence electrons. The Morgan fingerprint density at radius 1 is 1.26 bits per heavy atom. The first-order valence-electron chi connectivity index (χ1n) is 7.77. The lowest BCUT2D eigenvalue weighted by Gasteiger charge is -2.36. The molecule has 1 aromatic rings. The molecule has 2 N–H and O–H groups in total. The third-order valence-electron chi connectivity index (χ3n) is 3.82. The van der Waals surface area contributed by atoms with Gasteiger partial charge in [0.15, 0.2) is 5.82 Å². The number of rotatable bonds is 4. The van der Waals surface area contributed by atoms with Gasteiger partial charge in [-0.2, -0.15) is 15.0 Å². The molecular weight excluding hydrogens is 298 g/mol. The molecule has 9 heteroatoms. The second-order valence-corrected chi connectivity index (χ2v) is 5.64. The monoisotopic (exact) mass is 323 g/mol. The summed E-state index contributed by atoms with van der Waals surface area (Å²) in [5, 5.41) is 0. The second kappa shape index (κ2) is 7.40. The molecule has 1 fully saturated rings. The summed E-state index contributed by atoms with van der Waals surface area (Å²) in [6, 6.07) is 0.00310. The third-order valence-corrected chi connectivity index (χ3v) is 3.82. The minimum Gasteiger partial charge on any atom is -0.450 e. The highest BCUT2D eigenvalue weighted by molar-refractivity contribution is 5.67. The number of aromatic nitrogens is 3. The topological polar surface area (TPSA) is 101 Å². The lowest BCUT2D eigenvalue weighted by Crippen LogP contribution is -2.49. The Balaban J connectivity index is 2.02. The predicted octanol–water partition coefficient (Wildman–Crippen LogP) is 0.355. The third kappa shape index (κ3) is 4.19. The van der Waals surface area contributed by atoms with Crippen LogP contribution in [-0.4, -0.2) is 77.7 Å². The quantitative estimate of drug-likeness (QED) is 0.847. The molecule has 2 heterocycles. The number of nitrogen functional groups attached to an aromatic ring is 1. The van der Waals surface area contributed by atoms with Gasteiger partial charge in [0.1, 0.15) is 0 Å². The van der Waals surface area contributed by atoms with E-state index >= 15 is 0 Å². The second-order valence-electron chi connectivity index (χ2n) is 5.64. The summed E-state index contributed by atoms with van der Waals surface area (Å²) < 4.78 is 5.03. The van der Waals surface area contributed by atoms with Gasteiger partial charge in [0.25, 0.3) is 0 Å². The Bertz CT molecular complexity index is 544. The molecule has 1 saturated heterocycles. The number of nitrogens with two attached hydrogens (primary N) is 1. The number of hydrogen-bond donors (Lipinski definition) is 1. The van der Waals surface area contributed by atoms with E-state index in [4.69, 9.17) is 10.5 Å². The molecule has 0 radical (unpaired) electrons. The van der Waals surface area contributed by atoms with Crippen molar-refractivity contribution >= 4 is 18.0 Å². The number of amides is 1. The van der Waals surface area contributed by atoms with Gasteiger partial charge in [-0.15, -0.1) is 0 Å². The van der Waals surface area contributed by atoms with Crippen molar-refractivity contribution < 1.29 is 9.53 Å². The number of carbonyl (C=O) groups excluding carboxylic acids is 1. The SMILES string of the molecule is CCOC(=O)N1CCN([C@H](C)c2nc(N)nc(N(C)C)n2)CC1. The van der Waals surface area contributed by atoms with Crippen LogP contribution in [0, 0.1) is 0 Å². The van der Waals surface area contributed by atoms with Crippen LogP contribution in [0.15, 0.2) is 0 Å². The molecular formula is C14H25N7O2. The fourth-order valence-electron chi connectivity index (χ4n) is 2.45. The van der Waals surface area contributed by atoms with E-state index in [9.17, 15) is 4.79 Å². The zero-order valence-corrected chi connectivity index (χ0v) is 14.2. The van der Waals surface area contributed by atoms with Gasteiger partial charge in [-0.25, -0.2) is 4.79 Å². The molecule has 9 nitrogen and oxygen atoms in total. The van der Waals surface area contributed by atoms with Gasteiger partial charge >= 0.3 is 6.09 Å². The van der Waals surface area contributed by atoms with Crippen LogP contribution in [0.4, 0.5) is 16.7 Å². The van der Waals surface area contributed by atoms with E-state index in [2.05, 4.69) is 19.9 Å². The molecule has 1 aliphatic heterocycles. The maximum Gasteiger partial charge on any atom is 0.409 e. The van der Waals surface area contributed by atoms with Crippen molar-refractivity contribution in [1.82, 2.24) is 24.8 Å². The molecule has 23 heavy (non-hydrogen) atoms. The lowest BCUT2D eigenvalue weighted by molar-refractivity contribution is 0.0673. The number of hydrogen-bond acceptors (Lipinski definition) is 8. The highest BCUT2D eigenvalue weighted by Gasteiger charge is 2.27. The van der Waals surface area contributed by atoms with Crippen molar-refractivity contribution in [2.45, 2.75) is 19.9 Å². The fourth-order valence-corrected chi connectivity index (χ4v) is 2.45. The zero-order valence-electron chi connectivity index (χ0n) is 14.2. The van der Waals surface area contributed by atoms with Crippen LogP contribution >= 0.6 is 0 Å². The van der Waals surface area contributed by atoms with Gasteiger partial charge in [0.05, 0.1) is 12.6 Å². The van der Waals surface area contributed by atoms with Crippen LogP contribution in [0.1, 0.15) is 25.7 Å². The predicted molar refractivity (Wildman–Crippen MR) is 87.1 cm³/mol. The summed E-state index contributed by atoms with van der Waals surface area (Å²) in [7, 11) is 3.72. The molecule has 2 rings (SSSR count). The average molecular weight is 323 g/mol. The van der Waals surface area contributed by atoms with Crippen molar-refractivity contribution in [3.63, 3.8) is 0 Å². The average Bonchev–Trinajstić information content (AvgIpc) is 2.54. The highest BCUT2D eigenvalue weighted by Crippen LogP contribution is 2.20. The Morgan fingerprint density at radius 3 is 2.48 bits per heavy atom. The number of ether oxygens (including phenoxy) is 1. The van der Waals surface area contributed by atoms with Gasteiger partial charge < -0.3 is 20.3 Å². The van der Waals surface area contributed by atoms with Crippen LogP contribution in [0.3, 0.4) is 0 Å². The Hall–Kier alpha value is -2.16. The first kappa shape index (κ1) is 17.2. The Morgan fingerprint density at radius 2 is 1.91 bits per heavy atom. The minimum atomic E-state index is -0.251. The van der Waals surface area contributed by atoms with E-state index in [-0.39, 0.29) is 18.1 Å². The highest BCUT2D eigenvalue weighted by atomic mass is 16.6. The van der Waals surface area contributed by atoms with Crippen molar-refractivity contribution in [1.29, 1.82) is 0 Å². The minimum absolute atomic E-state index is 0.00310. The summed E-state index contributed by atoms with van der Waals surface area (Å²) >= 11 is 0. The molecule has 1 aromatic heterocycles. The zero-order chi connectivity index (χ0) is 17.0. The first-order chi connectivity index (χ1) is 10.9. The van der Waals surface area contributed by atoms with Gasteiger partial charge in [-0.3, -0.25) is 4.90 Å². The van der Waals surface area contributed by atoms with Gasteiger partial charge in [0.2, 0.25) is 11.9 Å².